The van der Waals surface area contributed by atoms with Crippen LogP contribution in [0.25, 0.3) is 5.69 Å². The molecule has 1 aromatic heterocycles. The number of nitrogens with one attached hydrogen (secondary N) is 3. The van der Waals surface area contributed by atoms with Gasteiger partial charge in [-0.25, -0.2) is 9.48 Å². The summed E-state index contributed by atoms with van der Waals surface area (Å²) in [7, 11) is 0. The Morgan fingerprint density at radius 1 is 1.11 bits per heavy atom. The average Bonchev–Trinajstić information content (AvgIpc) is 3.19. The first-order valence-electron chi connectivity index (χ1n) is 8.24. The number of benzene rings is 1. The lowest BCUT2D eigenvalue weighted by Crippen LogP contribution is -2.57. The molecule has 0 spiro atoms. The zero-order valence-corrected chi connectivity index (χ0v) is 14.9. The number of imide groups is 2. The number of carbonyl (C=O) groups excluding carboxylic acids is 3. The molecule has 2 aliphatic rings. The van der Waals surface area contributed by atoms with Crippen LogP contribution in [0, 0.1) is 12.8 Å². The Bertz CT molecular complexity index is 964. The van der Waals surface area contributed by atoms with Gasteiger partial charge in [0.1, 0.15) is 5.15 Å². The number of urea groups is 1. The van der Waals surface area contributed by atoms with E-state index in [-0.39, 0.29) is 6.04 Å². The number of nitrogens with zero attached hydrogens (tertiary/aromatic N) is 3. The van der Waals surface area contributed by atoms with Crippen molar-refractivity contribution >= 4 is 35.2 Å². The number of amides is 4. The molecule has 9 nitrogen and oxygen atoms in total. The molecule has 10 heteroatoms. The Labute approximate surface area is 158 Å². The fourth-order valence-corrected chi connectivity index (χ4v) is 3.68. The predicted octanol–water partition coefficient (Wildman–Crippen LogP) is 1.21. The van der Waals surface area contributed by atoms with Crippen LogP contribution in [0.1, 0.15) is 23.7 Å². The van der Waals surface area contributed by atoms with E-state index in [1.54, 1.807) is 4.68 Å². The van der Waals surface area contributed by atoms with Crippen molar-refractivity contribution in [2.45, 2.75) is 19.4 Å². The van der Waals surface area contributed by atoms with E-state index >= 15 is 0 Å². The zero-order chi connectivity index (χ0) is 19.1. The number of carbonyl (C=O) groups is 3. The second kappa shape index (κ2) is 6.51. The molecule has 1 atom stereocenters. The molecule has 3 heterocycles. The van der Waals surface area contributed by atoms with Gasteiger partial charge in [0.05, 0.1) is 23.1 Å². The highest BCUT2D eigenvalue weighted by Gasteiger charge is 2.41. The van der Waals surface area contributed by atoms with E-state index in [1.165, 1.54) is 0 Å². The van der Waals surface area contributed by atoms with Crippen molar-refractivity contribution in [2.24, 2.45) is 11.0 Å². The summed E-state index contributed by atoms with van der Waals surface area (Å²) in [5.74, 6) is -2.52. The molecule has 27 heavy (non-hydrogen) atoms. The second-order valence-electron chi connectivity index (χ2n) is 6.27. The molecule has 4 amide bonds. The molecule has 4 rings (SSSR count). The Morgan fingerprint density at radius 2 is 1.78 bits per heavy atom. The first-order chi connectivity index (χ1) is 13.0. The first-order valence-corrected chi connectivity index (χ1v) is 8.61. The van der Waals surface area contributed by atoms with Crippen LogP contribution in [0.15, 0.2) is 35.4 Å². The minimum atomic E-state index is -1.15. The maximum atomic E-state index is 12.0. The minimum absolute atomic E-state index is 0.292. The van der Waals surface area contributed by atoms with E-state index < -0.39 is 23.8 Å². The summed E-state index contributed by atoms with van der Waals surface area (Å²) in [6.07, 6.45) is 0.292. The van der Waals surface area contributed by atoms with E-state index in [9.17, 15) is 14.4 Å². The smallest absolute Gasteiger partial charge is 0.302 e. The highest BCUT2D eigenvalue weighted by atomic mass is 35.5. The third kappa shape index (κ3) is 2.95. The normalized spacial score (nSPS) is 20.1. The van der Waals surface area contributed by atoms with Gasteiger partial charge in [0.25, 0.3) is 0 Å². The molecular weight excluding hydrogens is 372 g/mol. The van der Waals surface area contributed by atoms with E-state index in [2.05, 4.69) is 26.3 Å². The molecule has 2 aliphatic heterocycles. The topological polar surface area (TPSA) is 117 Å². The minimum Gasteiger partial charge on any atom is -0.302 e. The van der Waals surface area contributed by atoms with Gasteiger partial charge in [-0.05, 0) is 19.1 Å². The fourth-order valence-electron chi connectivity index (χ4n) is 3.28. The summed E-state index contributed by atoms with van der Waals surface area (Å²) in [5.41, 5.74) is 5.54. The third-order valence-electron chi connectivity index (χ3n) is 4.51. The molecular formula is C17H15ClN6O3. The van der Waals surface area contributed by atoms with Crippen LogP contribution in [0.4, 0.5) is 4.79 Å². The van der Waals surface area contributed by atoms with Crippen molar-refractivity contribution < 1.29 is 14.4 Å². The SMILES string of the molecule is Cc1nn(-c2ccccc2)c(Cl)c1C1CC(C2C(=O)NC(=O)NC2=O)=NN1. The Morgan fingerprint density at radius 3 is 2.44 bits per heavy atom. The number of para-hydroxylation sites is 1. The first kappa shape index (κ1) is 17.2. The van der Waals surface area contributed by atoms with Crippen LogP contribution in [0.3, 0.4) is 0 Å². The molecule has 0 bridgehead atoms. The number of hydrogen-bond acceptors (Lipinski definition) is 6. The van der Waals surface area contributed by atoms with Crippen molar-refractivity contribution in [1.29, 1.82) is 0 Å². The van der Waals surface area contributed by atoms with E-state index in [0.29, 0.717) is 23.0 Å². The van der Waals surface area contributed by atoms with Crippen LogP contribution in [-0.2, 0) is 9.59 Å². The quantitative estimate of drug-likeness (QED) is 0.685. The van der Waals surface area contributed by atoms with Gasteiger partial charge >= 0.3 is 6.03 Å². The molecule has 0 aliphatic carbocycles. The van der Waals surface area contributed by atoms with Crippen LogP contribution >= 0.6 is 11.6 Å². The highest BCUT2D eigenvalue weighted by molar-refractivity contribution is 6.31. The predicted molar refractivity (Wildman–Crippen MR) is 96.4 cm³/mol. The summed E-state index contributed by atoms with van der Waals surface area (Å²) in [5, 5.41) is 13.2. The molecule has 2 aromatic rings. The Kier molecular flexibility index (Phi) is 4.15. The monoisotopic (exact) mass is 386 g/mol. The Hall–Kier alpha value is -3.20. The molecule has 1 unspecified atom stereocenters. The number of aryl methyl sites for hydroxylation is 1. The number of hydrogen-bond donors (Lipinski definition) is 3. The molecule has 1 fully saturated rings. The summed E-state index contributed by atoms with van der Waals surface area (Å²) >= 11 is 6.56. The molecule has 1 aromatic carbocycles. The summed E-state index contributed by atoms with van der Waals surface area (Å²) in [4.78, 5) is 35.3. The average molecular weight is 387 g/mol. The largest absolute Gasteiger partial charge is 0.328 e. The van der Waals surface area contributed by atoms with Gasteiger partial charge in [-0.3, -0.25) is 20.2 Å². The highest BCUT2D eigenvalue weighted by Crippen LogP contribution is 2.34. The van der Waals surface area contributed by atoms with Gasteiger partial charge in [0.2, 0.25) is 11.8 Å². The van der Waals surface area contributed by atoms with E-state index in [4.69, 9.17) is 11.6 Å². The Balaban J connectivity index is 1.59. The fraction of sp³-hybridized carbons (Fsp3) is 0.235. The van der Waals surface area contributed by atoms with E-state index in [0.717, 1.165) is 11.3 Å². The number of rotatable bonds is 3. The lowest BCUT2D eigenvalue weighted by Gasteiger charge is -2.20. The maximum absolute atomic E-state index is 12.0. The van der Waals surface area contributed by atoms with Crippen molar-refractivity contribution in [3.05, 3.63) is 46.7 Å². The second-order valence-corrected chi connectivity index (χ2v) is 6.62. The molecule has 138 valence electrons. The van der Waals surface area contributed by atoms with Crippen molar-refractivity contribution in [1.82, 2.24) is 25.8 Å². The van der Waals surface area contributed by atoms with Gasteiger partial charge in [-0.1, -0.05) is 29.8 Å². The maximum Gasteiger partial charge on any atom is 0.328 e. The van der Waals surface area contributed by atoms with Crippen molar-refractivity contribution in [3.63, 3.8) is 0 Å². The van der Waals surface area contributed by atoms with Gasteiger partial charge in [0.15, 0.2) is 5.92 Å². The van der Waals surface area contributed by atoms with E-state index in [1.807, 2.05) is 37.3 Å². The number of hydrazone groups is 1. The van der Waals surface area contributed by atoms with Gasteiger partial charge in [-0.2, -0.15) is 10.2 Å². The molecule has 3 N–H and O–H groups in total. The lowest BCUT2D eigenvalue weighted by molar-refractivity contribution is -0.132. The van der Waals surface area contributed by atoms with Crippen LogP contribution < -0.4 is 16.1 Å². The zero-order valence-electron chi connectivity index (χ0n) is 14.2. The standard InChI is InChI=1S/C17H15ClN6O3/c1-8-12(14(18)24(23-8)9-5-3-2-4-6-9)10-7-11(22-21-10)13-15(25)19-17(27)20-16(13)26/h2-6,10,13,21H,7H2,1H3,(H2,19,20,25,26,27). The molecule has 0 radical (unpaired) electrons. The van der Waals surface area contributed by atoms with Crippen molar-refractivity contribution in [3.8, 4) is 5.69 Å². The number of aromatic nitrogens is 2. The summed E-state index contributed by atoms with van der Waals surface area (Å²) < 4.78 is 1.63. The number of barbiturate groups is 1. The lowest BCUT2D eigenvalue weighted by atomic mass is 9.93. The molecule has 1 saturated heterocycles. The van der Waals surface area contributed by atoms with Crippen molar-refractivity contribution in [2.75, 3.05) is 0 Å². The van der Waals surface area contributed by atoms with Crippen LogP contribution in [-0.4, -0.2) is 33.3 Å². The third-order valence-corrected chi connectivity index (χ3v) is 4.87. The van der Waals surface area contributed by atoms with Crippen LogP contribution in [0.5, 0.6) is 0 Å². The summed E-state index contributed by atoms with van der Waals surface area (Å²) in [6, 6.07) is 8.30. The summed E-state index contributed by atoms with van der Waals surface area (Å²) in [6.45, 7) is 1.83. The van der Waals surface area contributed by atoms with Gasteiger partial charge in [-0.15, -0.1) is 0 Å². The van der Waals surface area contributed by atoms with Gasteiger partial charge in [0, 0.05) is 12.0 Å². The molecule has 0 saturated carbocycles. The van der Waals surface area contributed by atoms with Gasteiger partial charge < -0.3 is 5.43 Å². The number of halogens is 1. The van der Waals surface area contributed by atoms with Crippen LogP contribution in [0.2, 0.25) is 5.15 Å².